The monoisotopic (exact) mass is 413 g/mol. The molecule has 0 radical (unpaired) electrons. The molecule has 9 nitrogen and oxygen atoms in total. The quantitative estimate of drug-likeness (QED) is 0.455. The number of nitrogens with one attached hydrogen (secondary N) is 2. The fourth-order valence-electron chi connectivity index (χ4n) is 2.91. The minimum absolute atomic E-state index is 0.0901. The van der Waals surface area contributed by atoms with E-state index in [1.165, 1.54) is 18.2 Å². The Morgan fingerprint density at radius 2 is 1.93 bits per heavy atom. The van der Waals surface area contributed by atoms with Gasteiger partial charge in [0.2, 0.25) is 16.0 Å². The first kappa shape index (κ1) is 18.9. The van der Waals surface area contributed by atoms with E-state index in [-0.39, 0.29) is 22.1 Å². The highest BCUT2D eigenvalue weighted by atomic mass is 32.2. The number of aryl methyl sites for hydroxylation is 1. The zero-order chi connectivity index (χ0) is 20.6. The summed E-state index contributed by atoms with van der Waals surface area (Å²) in [5, 5.41) is 15.7. The zero-order valence-corrected chi connectivity index (χ0v) is 16.0. The predicted molar refractivity (Wildman–Crippen MR) is 105 cm³/mol. The molecule has 0 saturated carbocycles. The van der Waals surface area contributed by atoms with Crippen molar-refractivity contribution in [1.82, 2.24) is 25.1 Å². The first-order chi connectivity index (χ1) is 13.8. The summed E-state index contributed by atoms with van der Waals surface area (Å²) >= 11 is 0. The van der Waals surface area contributed by atoms with Gasteiger partial charge in [-0.1, -0.05) is 24.3 Å². The van der Waals surface area contributed by atoms with Crippen LogP contribution in [0.25, 0.3) is 22.4 Å². The van der Waals surface area contributed by atoms with Crippen LogP contribution in [0.2, 0.25) is 0 Å². The molecule has 4 rings (SSSR count). The summed E-state index contributed by atoms with van der Waals surface area (Å²) in [6, 6.07) is 10.8. The van der Waals surface area contributed by atoms with Crippen LogP contribution < -0.4 is 10.5 Å². The van der Waals surface area contributed by atoms with E-state index < -0.39 is 10.0 Å². The van der Waals surface area contributed by atoms with Gasteiger partial charge in [0.25, 0.3) is 0 Å². The Bertz CT molecular complexity index is 1320. The highest BCUT2D eigenvalue weighted by molar-refractivity contribution is 7.89. The lowest BCUT2D eigenvalue weighted by Gasteiger charge is -2.07. The van der Waals surface area contributed by atoms with E-state index in [1.54, 1.807) is 31.2 Å². The van der Waals surface area contributed by atoms with Crippen molar-refractivity contribution in [2.45, 2.75) is 18.4 Å². The minimum Gasteiger partial charge on any atom is -0.350 e. The van der Waals surface area contributed by atoms with Crippen molar-refractivity contribution < 1.29 is 12.8 Å². The highest BCUT2D eigenvalue weighted by Gasteiger charge is 2.19. The second-order valence-corrected chi connectivity index (χ2v) is 7.84. The number of halogens is 1. The molecule has 11 heteroatoms. The first-order valence-electron chi connectivity index (χ1n) is 8.52. The van der Waals surface area contributed by atoms with Crippen LogP contribution in [-0.2, 0) is 16.6 Å². The Labute approximate surface area is 165 Å². The highest BCUT2D eigenvalue weighted by Crippen LogP contribution is 2.28. The summed E-state index contributed by atoms with van der Waals surface area (Å²) in [7, 11) is -3.94. The Kier molecular flexibility index (Phi) is 4.68. The molecule has 0 spiro atoms. The molecule has 148 valence electrons. The number of nitrogens with two attached hydrogens (primary N) is 1. The van der Waals surface area contributed by atoms with Crippen LogP contribution in [0.3, 0.4) is 0 Å². The van der Waals surface area contributed by atoms with Crippen molar-refractivity contribution in [3.8, 4) is 11.5 Å². The van der Waals surface area contributed by atoms with Gasteiger partial charge in [-0.15, -0.1) is 0 Å². The Morgan fingerprint density at radius 1 is 1.14 bits per heavy atom. The zero-order valence-electron chi connectivity index (χ0n) is 15.2. The molecule has 0 aliphatic carbocycles. The van der Waals surface area contributed by atoms with Crippen LogP contribution in [0, 0.1) is 12.7 Å². The summed E-state index contributed by atoms with van der Waals surface area (Å²) in [6.45, 7) is 2.02. The van der Waals surface area contributed by atoms with Crippen LogP contribution in [0.1, 0.15) is 11.4 Å². The van der Waals surface area contributed by atoms with Gasteiger partial charge in [-0.05, 0) is 30.7 Å². The molecule has 0 saturated heterocycles. The van der Waals surface area contributed by atoms with Gasteiger partial charge in [-0.3, -0.25) is 5.10 Å². The lowest BCUT2D eigenvalue weighted by molar-refractivity contribution is 0.598. The van der Waals surface area contributed by atoms with Crippen LogP contribution in [0.5, 0.6) is 0 Å². The lowest BCUT2D eigenvalue weighted by atomic mass is 10.2. The summed E-state index contributed by atoms with van der Waals surface area (Å²) in [6.07, 6.45) is 0. The molecule has 0 atom stereocenters. The topological polar surface area (TPSA) is 140 Å². The number of nitrogens with zero attached hydrogens (tertiary/aromatic N) is 4. The molecule has 29 heavy (non-hydrogen) atoms. The molecule has 4 N–H and O–H groups in total. The van der Waals surface area contributed by atoms with E-state index in [0.717, 1.165) is 5.56 Å². The number of aromatic amines is 1. The average molecular weight is 413 g/mol. The van der Waals surface area contributed by atoms with Gasteiger partial charge in [0, 0.05) is 11.9 Å². The number of para-hydroxylation sites is 1. The van der Waals surface area contributed by atoms with E-state index in [9.17, 15) is 12.8 Å². The van der Waals surface area contributed by atoms with Gasteiger partial charge < -0.3 is 5.32 Å². The number of primary sulfonamides is 1. The predicted octanol–water partition coefficient (Wildman–Crippen LogP) is 2.12. The van der Waals surface area contributed by atoms with Gasteiger partial charge in [0.05, 0.1) is 0 Å². The van der Waals surface area contributed by atoms with Gasteiger partial charge in [-0.25, -0.2) is 22.9 Å². The number of hydrogen-bond donors (Lipinski definition) is 3. The van der Waals surface area contributed by atoms with Gasteiger partial charge in [-0.2, -0.15) is 15.1 Å². The van der Waals surface area contributed by atoms with Crippen molar-refractivity contribution >= 4 is 26.9 Å². The molecule has 0 bridgehead atoms. The number of benzene rings is 2. The Hall–Kier alpha value is -3.44. The Morgan fingerprint density at radius 3 is 2.69 bits per heavy atom. The normalized spacial score (nSPS) is 11.7. The smallest absolute Gasteiger partial charge is 0.240 e. The van der Waals surface area contributed by atoms with E-state index >= 15 is 0 Å². The summed E-state index contributed by atoms with van der Waals surface area (Å²) < 4.78 is 36.9. The minimum atomic E-state index is -3.94. The second kappa shape index (κ2) is 7.18. The summed E-state index contributed by atoms with van der Waals surface area (Å²) in [4.78, 5) is 12.8. The van der Waals surface area contributed by atoms with Crippen LogP contribution >= 0.6 is 0 Å². The fourth-order valence-corrected chi connectivity index (χ4v) is 3.61. The maximum Gasteiger partial charge on any atom is 0.240 e. The van der Waals surface area contributed by atoms with Crippen LogP contribution in [0.15, 0.2) is 47.4 Å². The maximum absolute atomic E-state index is 13.3. The van der Waals surface area contributed by atoms with Crippen molar-refractivity contribution in [2.24, 2.45) is 5.14 Å². The van der Waals surface area contributed by atoms with E-state index in [1.807, 2.05) is 0 Å². The fraction of sp³-hybridized carbons (Fsp3) is 0.111. The largest absolute Gasteiger partial charge is 0.350 e. The van der Waals surface area contributed by atoms with Crippen molar-refractivity contribution in [3.05, 3.63) is 59.7 Å². The summed E-state index contributed by atoms with van der Waals surface area (Å²) in [5.41, 5.74) is 1.37. The van der Waals surface area contributed by atoms with Gasteiger partial charge in [0.15, 0.2) is 5.82 Å². The molecule has 0 fully saturated rings. The van der Waals surface area contributed by atoms with E-state index in [0.29, 0.717) is 29.4 Å². The van der Waals surface area contributed by atoms with Crippen molar-refractivity contribution in [3.63, 3.8) is 0 Å². The lowest BCUT2D eigenvalue weighted by Crippen LogP contribution is -2.12. The van der Waals surface area contributed by atoms with Crippen molar-refractivity contribution in [1.29, 1.82) is 0 Å². The van der Waals surface area contributed by atoms with E-state index in [2.05, 4.69) is 30.5 Å². The molecule has 0 aliphatic rings. The molecular weight excluding hydrogens is 397 g/mol. The molecule has 0 amide bonds. The van der Waals surface area contributed by atoms with Gasteiger partial charge >= 0.3 is 0 Å². The SMILES string of the molecule is Cc1nc(NCc2cccc(F)c2)nc(-c2[nH]nc3c(S(N)(=O)=O)cccc23)n1. The number of sulfonamides is 1. The average Bonchev–Trinajstić information content (AvgIpc) is 3.09. The number of hydrogen-bond acceptors (Lipinski definition) is 7. The van der Waals surface area contributed by atoms with Crippen LogP contribution in [0.4, 0.5) is 10.3 Å². The van der Waals surface area contributed by atoms with Crippen molar-refractivity contribution in [2.75, 3.05) is 5.32 Å². The third-order valence-electron chi connectivity index (χ3n) is 4.16. The number of aromatic nitrogens is 5. The molecule has 0 aliphatic heterocycles. The Balaban J connectivity index is 1.71. The number of fused-ring (bicyclic) bond motifs is 1. The molecule has 2 heterocycles. The standard InChI is InChI=1S/C18H16FN7O2S/c1-10-22-17(24-18(23-10)21-9-11-4-2-5-12(19)8-11)16-13-6-3-7-14(29(20,27)28)15(13)25-26-16/h2-8H,9H2,1H3,(H,25,26)(H2,20,27,28)(H,21,22,23,24). The first-order valence-corrected chi connectivity index (χ1v) is 10.1. The van der Waals surface area contributed by atoms with Gasteiger partial charge in [0.1, 0.15) is 27.7 Å². The van der Waals surface area contributed by atoms with Crippen LogP contribution in [-0.4, -0.2) is 33.6 Å². The number of rotatable bonds is 5. The second-order valence-electron chi connectivity index (χ2n) is 6.31. The third kappa shape index (κ3) is 3.91. The summed E-state index contributed by atoms with van der Waals surface area (Å²) in [5.74, 6) is 0.698. The number of anilines is 1. The molecule has 2 aromatic carbocycles. The molecule has 0 unspecified atom stereocenters. The third-order valence-corrected chi connectivity index (χ3v) is 5.11. The molecule has 4 aromatic rings. The maximum atomic E-state index is 13.3. The number of H-pyrrole nitrogens is 1. The van der Waals surface area contributed by atoms with E-state index in [4.69, 9.17) is 5.14 Å². The molecule has 2 aromatic heterocycles. The molecular formula is C18H16FN7O2S.